The van der Waals surface area contributed by atoms with E-state index >= 15 is 0 Å². The van der Waals surface area contributed by atoms with Crippen LogP contribution in [0, 0.1) is 0 Å². The normalized spacial score (nSPS) is 32.3. The summed E-state index contributed by atoms with van der Waals surface area (Å²) in [4.78, 5) is 11.0. The molecular weight excluding hydrogens is 144 g/mol. The van der Waals surface area contributed by atoms with Crippen molar-refractivity contribution in [3.8, 4) is 0 Å². The molecule has 0 radical (unpaired) electrons. The van der Waals surface area contributed by atoms with E-state index in [0.29, 0.717) is 5.57 Å². The van der Waals surface area contributed by atoms with Gasteiger partial charge in [0.1, 0.15) is 6.10 Å². The summed E-state index contributed by atoms with van der Waals surface area (Å²) >= 11 is 0. The van der Waals surface area contributed by atoms with Crippen LogP contribution in [0.4, 0.5) is 0 Å². The van der Waals surface area contributed by atoms with Crippen molar-refractivity contribution in [1.29, 1.82) is 0 Å². The number of fused-ring (bicyclic) bond motifs is 2. The van der Waals surface area contributed by atoms with Crippen LogP contribution in [-0.4, -0.2) is 25.3 Å². The number of methoxy groups -OCH3 is 1. The Morgan fingerprint density at radius 2 is 2.45 bits per heavy atom. The summed E-state index contributed by atoms with van der Waals surface area (Å²) in [7, 11) is 1.37. The first-order valence-electron chi connectivity index (χ1n) is 3.45. The average Bonchev–Trinajstić information content (AvgIpc) is 2.62. The van der Waals surface area contributed by atoms with E-state index in [4.69, 9.17) is 4.74 Å². The van der Waals surface area contributed by atoms with Gasteiger partial charge < -0.3 is 9.47 Å². The second-order valence-electron chi connectivity index (χ2n) is 2.52. The van der Waals surface area contributed by atoms with Gasteiger partial charge in [-0.1, -0.05) is 12.2 Å². The number of carbonyl (C=O) groups excluding carboxylic acids is 1. The third-order valence-electron chi connectivity index (χ3n) is 1.85. The van der Waals surface area contributed by atoms with Crippen molar-refractivity contribution in [2.75, 3.05) is 7.11 Å². The van der Waals surface area contributed by atoms with Gasteiger partial charge in [0.25, 0.3) is 0 Å². The van der Waals surface area contributed by atoms with Gasteiger partial charge in [0, 0.05) is 0 Å². The van der Waals surface area contributed by atoms with Crippen LogP contribution in [0.25, 0.3) is 0 Å². The lowest BCUT2D eigenvalue weighted by Gasteiger charge is -2.04. The minimum Gasteiger partial charge on any atom is -0.466 e. The molecule has 0 aromatic heterocycles. The number of rotatable bonds is 1. The average molecular weight is 152 g/mol. The zero-order chi connectivity index (χ0) is 7.84. The molecule has 2 heterocycles. The predicted octanol–water partition coefficient (Wildman–Crippen LogP) is 0.423. The predicted molar refractivity (Wildman–Crippen MR) is 37.9 cm³/mol. The van der Waals surface area contributed by atoms with E-state index in [1.165, 1.54) is 7.11 Å². The molecule has 3 nitrogen and oxygen atoms in total. The molecule has 2 aliphatic heterocycles. The summed E-state index contributed by atoms with van der Waals surface area (Å²) < 4.78 is 9.87. The lowest BCUT2D eigenvalue weighted by atomic mass is 10.1. The maximum Gasteiger partial charge on any atom is 0.336 e. The van der Waals surface area contributed by atoms with Crippen LogP contribution < -0.4 is 0 Å². The lowest BCUT2D eigenvalue weighted by molar-refractivity contribution is -0.136. The van der Waals surface area contributed by atoms with E-state index in [9.17, 15) is 4.79 Å². The van der Waals surface area contributed by atoms with E-state index in [1.807, 2.05) is 12.2 Å². The van der Waals surface area contributed by atoms with Gasteiger partial charge in [0.2, 0.25) is 0 Å². The number of hydrogen-bond acceptors (Lipinski definition) is 3. The number of hydrogen-bond donors (Lipinski definition) is 0. The van der Waals surface area contributed by atoms with E-state index in [-0.39, 0.29) is 18.2 Å². The maximum atomic E-state index is 11.0. The van der Waals surface area contributed by atoms with Crippen molar-refractivity contribution in [3.05, 3.63) is 23.8 Å². The zero-order valence-corrected chi connectivity index (χ0v) is 6.11. The highest BCUT2D eigenvalue weighted by Gasteiger charge is 2.33. The number of ether oxygens (including phenoxy) is 2. The minimum absolute atomic E-state index is 0.00546. The smallest absolute Gasteiger partial charge is 0.336 e. The number of carbonyl (C=O) groups is 1. The van der Waals surface area contributed by atoms with Crippen molar-refractivity contribution in [3.63, 3.8) is 0 Å². The molecule has 2 rings (SSSR count). The fraction of sp³-hybridized carbons (Fsp3) is 0.375. The topological polar surface area (TPSA) is 35.5 Å². The molecule has 0 saturated carbocycles. The Bertz CT molecular complexity index is 252. The monoisotopic (exact) mass is 152 g/mol. The van der Waals surface area contributed by atoms with Gasteiger partial charge in [-0.3, -0.25) is 0 Å². The van der Waals surface area contributed by atoms with Gasteiger partial charge in [-0.05, 0) is 6.08 Å². The number of esters is 1. The van der Waals surface area contributed by atoms with Crippen molar-refractivity contribution in [2.24, 2.45) is 0 Å². The Morgan fingerprint density at radius 1 is 1.64 bits per heavy atom. The largest absolute Gasteiger partial charge is 0.466 e. The Kier molecular flexibility index (Phi) is 1.32. The van der Waals surface area contributed by atoms with Gasteiger partial charge in [-0.25, -0.2) is 4.79 Å². The van der Waals surface area contributed by atoms with Crippen LogP contribution >= 0.6 is 0 Å². The Morgan fingerprint density at radius 3 is 2.91 bits per heavy atom. The van der Waals surface area contributed by atoms with Gasteiger partial charge in [-0.2, -0.15) is 0 Å². The Balaban J connectivity index is 2.19. The Hall–Kier alpha value is -1.09. The molecule has 2 unspecified atom stereocenters. The minimum atomic E-state index is -0.290. The molecule has 2 atom stereocenters. The standard InChI is InChI=1S/C8H8O3/c1-10-8(9)6-4-5-2-3-7(6)11-5/h2-5,7H,1H3. The second kappa shape index (κ2) is 2.20. The molecule has 3 heteroatoms. The summed E-state index contributed by atoms with van der Waals surface area (Å²) in [6.45, 7) is 0. The van der Waals surface area contributed by atoms with Crippen molar-refractivity contribution < 1.29 is 14.3 Å². The molecule has 2 aliphatic rings. The first kappa shape index (κ1) is 6.61. The molecule has 0 N–H and O–H groups in total. The third kappa shape index (κ3) is 0.886. The van der Waals surface area contributed by atoms with Crippen LogP contribution in [0.2, 0.25) is 0 Å². The van der Waals surface area contributed by atoms with E-state index in [1.54, 1.807) is 6.08 Å². The van der Waals surface area contributed by atoms with Crippen LogP contribution in [-0.2, 0) is 14.3 Å². The zero-order valence-electron chi connectivity index (χ0n) is 6.11. The fourth-order valence-corrected chi connectivity index (χ4v) is 1.32. The van der Waals surface area contributed by atoms with Gasteiger partial charge >= 0.3 is 5.97 Å². The highest BCUT2D eigenvalue weighted by Crippen LogP contribution is 2.28. The third-order valence-corrected chi connectivity index (χ3v) is 1.85. The lowest BCUT2D eigenvalue weighted by Crippen LogP contribution is -2.14. The van der Waals surface area contributed by atoms with E-state index in [2.05, 4.69) is 4.74 Å². The summed E-state index contributed by atoms with van der Waals surface area (Å²) in [6.07, 6.45) is 5.42. The van der Waals surface area contributed by atoms with Gasteiger partial charge in [0.15, 0.2) is 0 Å². The van der Waals surface area contributed by atoms with Crippen LogP contribution in [0.5, 0.6) is 0 Å². The summed E-state index contributed by atoms with van der Waals surface area (Å²) in [5.74, 6) is -0.290. The van der Waals surface area contributed by atoms with Crippen LogP contribution in [0.3, 0.4) is 0 Å². The van der Waals surface area contributed by atoms with Gasteiger partial charge in [-0.15, -0.1) is 0 Å². The van der Waals surface area contributed by atoms with Crippen molar-refractivity contribution >= 4 is 5.97 Å². The summed E-state index contributed by atoms with van der Waals surface area (Å²) in [5, 5.41) is 0. The SMILES string of the molecule is COC(=O)C1=CC2C=CC1O2. The van der Waals surface area contributed by atoms with Crippen LogP contribution in [0.1, 0.15) is 0 Å². The van der Waals surface area contributed by atoms with Crippen LogP contribution in [0.15, 0.2) is 23.8 Å². The molecule has 0 fully saturated rings. The van der Waals surface area contributed by atoms with E-state index < -0.39 is 0 Å². The highest BCUT2D eigenvalue weighted by molar-refractivity contribution is 5.91. The highest BCUT2D eigenvalue weighted by atomic mass is 16.5. The van der Waals surface area contributed by atoms with Crippen molar-refractivity contribution in [1.82, 2.24) is 0 Å². The molecule has 0 saturated heterocycles. The first-order valence-corrected chi connectivity index (χ1v) is 3.45. The molecular formula is C8H8O3. The molecule has 0 aliphatic carbocycles. The summed E-state index contributed by atoms with van der Waals surface area (Å²) in [6, 6.07) is 0. The summed E-state index contributed by atoms with van der Waals surface area (Å²) in [5.41, 5.74) is 0.625. The molecule has 0 aromatic carbocycles. The maximum absolute atomic E-state index is 11.0. The molecule has 0 amide bonds. The molecule has 0 aromatic rings. The molecule has 58 valence electrons. The molecule has 0 spiro atoms. The quantitative estimate of drug-likeness (QED) is 0.403. The first-order chi connectivity index (χ1) is 5.31. The Labute approximate surface area is 64.3 Å². The van der Waals surface area contributed by atoms with Crippen molar-refractivity contribution in [2.45, 2.75) is 12.2 Å². The molecule has 2 bridgehead atoms. The van der Waals surface area contributed by atoms with Gasteiger partial charge in [0.05, 0.1) is 18.8 Å². The second-order valence-corrected chi connectivity index (χ2v) is 2.52. The fourth-order valence-electron chi connectivity index (χ4n) is 1.32. The van der Waals surface area contributed by atoms with E-state index in [0.717, 1.165) is 0 Å². The molecule has 11 heavy (non-hydrogen) atoms.